The van der Waals surface area contributed by atoms with Gasteiger partial charge in [0, 0.05) is 12.1 Å². The van der Waals surface area contributed by atoms with Gasteiger partial charge in [0.15, 0.2) is 0 Å². The summed E-state index contributed by atoms with van der Waals surface area (Å²) in [6.07, 6.45) is 0. The molecule has 14 heavy (non-hydrogen) atoms. The van der Waals surface area contributed by atoms with Gasteiger partial charge >= 0.3 is 6.03 Å². The van der Waals surface area contributed by atoms with Gasteiger partial charge in [0.1, 0.15) is 0 Å². The van der Waals surface area contributed by atoms with Crippen LogP contribution in [0.2, 0.25) is 0 Å². The number of nitrogens with zero attached hydrogens (tertiary/aromatic N) is 2. The van der Waals surface area contributed by atoms with Crippen molar-refractivity contribution in [2.75, 3.05) is 0 Å². The third-order valence-corrected chi connectivity index (χ3v) is 1.76. The fourth-order valence-corrected chi connectivity index (χ4v) is 1.38. The number of carbonyl (C=O) groups excluding carboxylic acids is 1. The number of hydrogen-bond acceptors (Lipinski definition) is 1. The van der Waals surface area contributed by atoms with Gasteiger partial charge in [-0.2, -0.15) is 0 Å². The van der Waals surface area contributed by atoms with Crippen LogP contribution in [0.5, 0.6) is 0 Å². The predicted molar refractivity (Wildman–Crippen MR) is 59.4 cm³/mol. The summed E-state index contributed by atoms with van der Waals surface area (Å²) >= 11 is 0. The molecule has 0 rings (SSSR count). The largest absolute Gasteiger partial charge is 0.339 e. The molecule has 0 bridgehead atoms. The van der Waals surface area contributed by atoms with Gasteiger partial charge in [-0.15, -0.1) is 0 Å². The monoisotopic (exact) mass is 199 g/mol. The molecule has 0 aliphatic rings. The van der Waals surface area contributed by atoms with Crippen LogP contribution >= 0.6 is 0 Å². The summed E-state index contributed by atoms with van der Waals surface area (Å²) in [6, 6.07) is 0.296. The van der Waals surface area contributed by atoms with E-state index in [1.807, 2.05) is 48.5 Å². The van der Waals surface area contributed by atoms with E-state index in [1.165, 1.54) is 0 Å². The highest BCUT2D eigenvalue weighted by Gasteiger charge is 2.25. The number of rotatable bonds is 2. The Morgan fingerprint density at radius 1 is 1.07 bits per heavy atom. The zero-order valence-electron chi connectivity index (χ0n) is 10.5. The topological polar surface area (TPSA) is 34.4 Å². The average Bonchev–Trinajstić information content (AvgIpc) is 1.78. The molecule has 0 spiro atoms. The first-order chi connectivity index (χ1) is 6.15. The van der Waals surface area contributed by atoms with Crippen molar-refractivity contribution in [3.8, 4) is 0 Å². The second-order valence-electron chi connectivity index (χ2n) is 5.16. The highest BCUT2D eigenvalue weighted by Crippen LogP contribution is 2.09. The molecule has 0 aromatic carbocycles. The van der Waals surface area contributed by atoms with Gasteiger partial charge in [0.05, 0.1) is 5.54 Å². The minimum Gasteiger partial charge on any atom is -0.318 e. The number of urea groups is 1. The molecule has 0 aliphatic carbocycles. The van der Waals surface area contributed by atoms with Gasteiger partial charge in [-0.3, -0.25) is 0 Å². The Balaban J connectivity index is 4.47. The lowest BCUT2D eigenvalue weighted by molar-refractivity contribution is 0.155. The Hall–Kier alpha value is -0.730. The smallest absolute Gasteiger partial charge is 0.318 e. The fraction of sp³-hybridized carbons (Fsp3) is 0.909. The van der Waals surface area contributed by atoms with E-state index >= 15 is 0 Å². The quantitative estimate of drug-likeness (QED) is 0.673. The molecule has 2 amide bonds. The van der Waals surface area contributed by atoms with Crippen molar-refractivity contribution in [3.05, 3.63) is 0 Å². The summed E-state index contributed by atoms with van der Waals surface area (Å²) in [5, 5.41) is 4.14. The molecule has 0 unspecified atom stereocenters. The van der Waals surface area contributed by atoms with Crippen molar-refractivity contribution in [2.45, 2.75) is 66.1 Å². The molecule has 0 saturated carbocycles. The zero-order chi connectivity index (χ0) is 11.5. The standard InChI is InChI=1S/C11H23N2O/c1-8(2)13(9(3)4)10(14)12-11(5,6)7/h8-9H,1-7H3. The summed E-state index contributed by atoms with van der Waals surface area (Å²) in [5.41, 5.74) is -0.293. The van der Waals surface area contributed by atoms with E-state index in [2.05, 4.69) is 5.32 Å². The minimum absolute atomic E-state index is 0.109. The Morgan fingerprint density at radius 3 is 1.64 bits per heavy atom. The molecule has 3 heteroatoms. The molecule has 1 radical (unpaired) electrons. The molecule has 0 aromatic rings. The van der Waals surface area contributed by atoms with Crippen molar-refractivity contribution in [2.24, 2.45) is 0 Å². The summed E-state index contributed by atoms with van der Waals surface area (Å²) in [6.45, 7) is 13.8. The maximum absolute atomic E-state index is 11.8. The highest BCUT2D eigenvalue weighted by molar-refractivity contribution is 5.75. The number of amides is 2. The molecule has 0 fully saturated rings. The fourth-order valence-electron chi connectivity index (χ4n) is 1.38. The highest BCUT2D eigenvalue weighted by atomic mass is 16.2. The molecule has 0 atom stereocenters. The first kappa shape index (κ1) is 13.3. The van der Waals surface area contributed by atoms with Crippen molar-refractivity contribution in [1.29, 1.82) is 0 Å². The van der Waals surface area contributed by atoms with E-state index in [4.69, 9.17) is 0 Å². The molecule has 0 saturated heterocycles. The number of carbonyl (C=O) groups is 1. The van der Waals surface area contributed by atoms with Gasteiger partial charge in [-0.05, 0) is 48.5 Å². The molecule has 0 N–H and O–H groups in total. The Morgan fingerprint density at radius 2 is 1.43 bits per heavy atom. The van der Waals surface area contributed by atoms with E-state index in [-0.39, 0.29) is 23.7 Å². The van der Waals surface area contributed by atoms with Crippen molar-refractivity contribution >= 4 is 6.03 Å². The lowest BCUT2D eigenvalue weighted by Crippen LogP contribution is -2.49. The van der Waals surface area contributed by atoms with Gasteiger partial charge in [-0.1, -0.05) is 0 Å². The summed E-state index contributed by atoms with van der Waals surface area (Å²) < 4.78 is 0. The molecule has 83 valence electrons. The Bertz CT molecular complexity index is 184. The molecular weight excluding hydrogens is 176 g/mol. The van der Waals surface area contributed by atoms with Crippen LogP contribution in [0.25, 0.3) is 0 Å². The first-order valence-corrected chi connectivity index (χ1v) is 5.20. The second-order valence-corrected chi connectivity index (χ2v) is 5.16. The normalized spacial score (nSPS) is 12.1. The predicted octanol–water partition coefficient (Wildman–Crippen LogP) is 2.63. The maximum Gasteiger partial charge on any atom is 0.339 e. The SMILES string of the molecule is CC(C)N(C(=O)[N]C(C)(C)C)C(C)C. The summed E-state index contributed by atoms with van der Waals surface area (Å²) in [5.74, 6) is 0. The van der Waals surface area contributed by atoms with Crippen LogP contribution in [0.4, 0.5) is 4.79 Å². The first-order valence-electron chi connectivity index (χ1n) is 5.20. The second kappa shape index (κ2) is 4.67. The van der Waals surface area contributed by atoms with E-state index in [9.17, 15) is 4.79 Å². The number of hydrogen-bond donors (Lipinski definition) is 0. The van der Waals surface area contributed by atoms with Gasteiger partial charge in [0.2, 0.25) is 0 Å². The van der Waals surface area contributed by atoms with E-state index in [1.54, 1.807) is 4.90 Å². The van der Waals surface area contributed by atoms with Crippen molar-refractivity contribution in [1.82, 2.24) is 10.2 Å². The Kier molecular flexibility index (Phi) is 4.43. The van der Waals surface area contributed by atoms with Crippen LogP contribution in [0.15, 0.2) is 0 Å². The van der Waals surface area contributed by atoms with Crippen LogP contribution in [-0.4, -0.2) is 28.6 Å². The van der Waals surface area contributed by atoms with E-state index in [0.717, 1.165) is 0 Å². The van der Waals surface area contributed by atoms with Crippen LogP contribution in [0.1, 0.15) is 48.5 Å². The van der Waals surface area contributed by atoms with Crippen LogP contribution in [-0.2, 0) is 0 Å². The lowest BCUT2D eigenvalue weighted by Gasteiger charge is -2.32. The van der Waals surface area contributed by atoms with Crippen LogP contribution in [0, 0.1) is 0 Å². The maximum atomic E-state index is 11.8. The lowest BCUT2D eigenvalue weighted by atomic mass is 10.1. The van der Waals surface area contributed by atoms with Crippen molar-refractivity contribution < 1.29 is 4.79 Å². The molecule has 3 nitrogen and oxygen atoms in total. The average molecular weight is 199 g/mol. The third kappa shape index (κ3) is 4.49. The zero-order valence-corrected chi connectivity index (χ0v) is 10.5. The van der Waals surface area contributed by atoms with Crippen LogP contribution in [0.3, 0.4) is 0 Å². The molecule has 0 aliphatic heterocycles. The molecule has 0 aromatic heterocycles. The molecule has 0 heterocycles. The Labute approximate surface area is 87.9 Å². The van der Waals surface area contributed by atoms with Crippen molar-refractivity contribution in [3.63, 3.8) is 0 Å². The summed E-state index contributed by atoms with van der Waals surface area (Å²) in [7, 11) is 0. The summed E-state index contributed by atoms with van der Waals surface area (Å²) in [4.78, 5) is 13.6. The van der Waals surface area contributed by atoms with Gasteiger partial charge < -0.3 is 4.90 Å². The van der Waals surface area contributed by atoms with E-state index < -0.39 is 0 Å². The van der Waals surface area contributed by atoms with E-state index in [0.29, 0.717) is 0 Å². The van der Waals surface area contributed by atoms with Gasteiger partial charge in [-0.25, -0.2) is 10.1 Å². The minimum atomic E-state index is -0.293. The third-order valence-electron chi connectivity index (χ3n) is 1.76. The molecular formula is C11H23N2O. The van der Waals surface area contributed by atoms with Crippen LogP contribution < -0.4 is 5.32 Å². The van der Waals surface area contributed by atoms with Gasteiger partial charge in [0.25, 0.3) is 0 Å².